The van der Waals surface area contributed by atoms with Gasteiger partial charge in [0.2, 0.25) is 0 Å². The van der Waals surface area contributed by atoms with Gasteiger partial charge in [-0.15, -0.1) is 0 Å². The van der Waals surface area contributed by atoms with E-state index in [1.807, 2.05) is 0 Å². The molecule has 0 radical (unpaired) electrons. The van der Waals surface area contributed by atoms with Crippen molar-refractivity contribution in [3.63, 3.8) is 0 Å². The molecule has 0 spiro atoms. The maximum atomic E-state index is 12.6. The van der Waals surface area contributed by atoms with Gasteiger partial charge in [-0.3, -0.25) is 0 Å². The van der Waals surface area contributed by atoms with E-state index in [0.29, 0.717) is 0 Å². The van der Waals surface area contributed by atoms with E-state index in [1.54, 1.807) is 0 Å². The molecule has 0 N–H and O–H groups in total. The van der Waals surface area contributed by atoms with Gasteiger partial charge in [0.05, 0.1) is 16.0 Å². The maximum Gasteiger partial charge on any atom is 1.00 e. The van der Waals surface area contributed by atoms with Crippen LogP contribution in [0, 0.1) is 5.82 Å². The van der Waals surface area contributed by atoms with Crippen LogP contribution in [-0.4, -0.2) is 5.97 Å². The molecule has 1 aromatic rings. The van der Waals surface area contributed by atoms with Crippen LogP contribution in [0.4, 0.5) is 4.39 Å². The second kappa shape index (κ2) is 5.17. The van der Waals surface area contributed by atoms with Crippen LogP contribution in [0.3, 0.4) is 0 Å². The zero-order chi connectivity index (χ0) is 9.30. The Kier molecular flexibility index (Phi) is 5.25. The summed E-state index contributed by atoms with van der Waals surface area (Å²) in [5, 5.41) is 9.69. The first-order valence-corrected chi connectivity index (χ1v) is 3.64. The molecule has 6 heteroatoms. The van der Waals surface area contributed by atoms with E-state index in [1.165, 1.54) is 0 Å². The summed E-state index contributed by atoms with van der Waals surface area (Å²) >= 11 is 10.7. The molecule has 2 nitrogen and oxygen atoms in total. The predicted octanol–water partition coefficient (Wildman–Crippen LogP) is -1.50. The van der Waals surface area contributed by atoms with Crippen molar-refractivity contribution in [2.45, 2.75) is 0 Å². The summed E-state index contributed by atoms with van der Waals surface area (Å²) in [6, 6.07) is 2.09. The Morgan fingerprint density at radius 3 is 2.31 bits per heavy atom. The molecule has 1 aromatic carbocycles. The van der Waals surface area contributed by atoms with Crippen LogP contribution in [0.25, 0.3) is 0 Å². The Morgan fingerprint density at radius 1 is 1.38 bits per heavy atom. The van der Waals surface area contributed by atoms with E-state index in [4.69, 9.17) is 23.2 Å². The van der Waals surface area contributed by atoms with E-state index in [9.17, 15) is 14.3 Å². The van der Waals surface area contributed by atoms with E-state index in [-0.39, 0.29) is 34.6 Å². The van der Waals surface area contributed by atoms with Crippen LogP contribution < -0.4 is 34.7 Å². The van der Waals surface area contributed by atoms with Crippen molar-refractivity contribution < 1.29 is 43.8 Å². The number of hydrogen-bond donors (Lipinski definition) is 0. The summed E-state index contributed by atoms with van der Waals surface area (Å²) in [4.78, 5) is 10.3. The molecule has 0 fully saturated rings. The molecule has 13 heavy (non-hydrogen) atoms. The van der Waals surface area contributed by atoms with Gasteiger partial charge in [-0.05, 0) is 12.1 Å². The fraction of sp³-hybridized carbons (Fsp3) is 0. The van der Waals surface area contributed by atoms with Crippen LogP contribution in [0.2, 0.25) is 10.0 Å². The smallest absolute Gasteiger partial charge is 0.545 e. The van der Waals surface area contributed by atoms with Crippen molar-refractivity contribution in [3.8, 4) is 0 Å². The normalized spacial score (nSPS) is 9.15. The number of halogens is 3. The third-order valence-corrected chi connectivity index (χ3v) is 1.93. The summed E-state index contributed by atoms with van der Waals surface area (Å²) in [6.07, 6.45) is 0. The topological polar surface area (TPSA) is 40.1 Å². The van der Waals surface area contributed by atoms with Crippen LogP contribution in [-0.2, 0) is 0 Å². The molecular formula is C7H2Cl2FNaO2. The first-order valence-electron chi connectivity index (χ1n) is 2.89. The van der Waals surface area contributed by atoms with Gasteiger partial charge in [-0.1, -0.05) is 23.2 Å². The minimum atomic E-state index is -1.59. The second-order valence-electron chi connectivity index (χ2n) is 2.01. The number of carbonyl (C=O) groups is 1. The molecule has 64 valence electrons. The fourth-order valence-electron chi connectivity index (χ4n) is 0.714. The molecule has 0 aliphatic heterocycles. The average molecular weight is 231 g/mol. The minimum absolute atomic E-state index is 0. The maximum absolute atomic E-state index is 12.6. The van der Waals surface area contributed by atoms with Crippen molar-refractivity contribution in [1.82, 2.24) is 0 Å². The van der Waals surface area contributed by atoms with Gasteiger partial charge in [0.25, 0.3) is 0 Å². The third kappa shape index (κ3) is 2.82. The Bertz CT molecular complexity index is 344. The van der Waals surface area contributed by atoms with Crippen LogP contribution >= 0.6 is 23.2 Å². The number of hydrogen-bond acceptors (Lipinski definition) is 2. The summed E-state index contributed by atoms with van der Waals surface area (Å²) < 4.78 is 12.6. The predicted molar refractivity (Wildman–Crippen MR) is 40.8 cm³/mol. The van der Waals surface area contributed by atoms with Crippen LogP contribution in [0.15, 0.2) is 12.1 Å². The number of benzene rings is 1. The molecule has 0 unspecified atom stereocenters. The zero-order valence-electron chi connectivity index (χ0n) is 6.61. The molecule has 0 amide bonds. The van der Waals surface area contributed by atoms with Crippen molar-refractivity contribution in [2.75, 3.05) is 0 Å². The van der Waals surface area contributed by atoms with Gasteiger partial charge in [0, 0.05) is 5.56 Å². The van der Waals surface area contributed by atoms with Gasteiger partial charge in [0.1, 0.15) is 5.82 Å². The Morgan fingerprint density at radius 2 is 1.92 bits per heavy atom. The Labute approximate surface area is 106 Å². The molecule has 0 bridgehead atoms. The summed E-state index contributed by atoms with van der Waals surface area (Å²) in [5.74, 6) is -2.43. The Balaban J connectivity index is 0.00000144. The summed E-state index contributed by atoms with van der Waals surface area (Å²) in [5.41, 5.74) is -0.515. The number of aromatic carboxylic acids is 1. The van der Waals surface area contributed by atoms with Gasteiger partial charge >= 0.3 is 29.6 Å². The Hall–Kier alpha value is 0.200. The number of carboxylic acids is 1. The van der Waals surface area contributed by atoms with Gasteiger partial charge in [-0.2, -0.15) is 0 Å². The van der Waals surface area contributed by atoms with E-state index < -0.39 is 22.4 Å². The van der Waals surface area contributed by atoms with E-state index in [0.717, 1.165) is 12.1 Å². The van der Waals surface area contributed by atoms with Gasteiger partial charge in [0.15, 0.2) is 0 Å². The number of carboxylic acid groups (broad SMARTS) is 1. The quantitative estimate of drug-likeness (QED) is 0.436. The van der Waals surface area contributed by atoms with Crippen molar-refractivity contribution in [1.29, 1.82) is 0 Å². The van der Waals surface area contributed by atoms with Crippen LogP contribution in [0.1, 0.15) is 10.4 Å². The molecule has 0 atom stereocenters. The molecule has 0 aliphatic carbocycles. The average Bonchev–Trinajstić information content (AvgIpc) is 1.97. The molecule has 0 heterocycles. The number of rotatable bonds is 1. The largest absolute Gasteiger partial charge is 1.00 e. The SMILES string of the molecule is O=C([O-])c1c(Cl)ccc(F)c1Cl.[Na+]. The monoisotopic (exact) mass is 230 g/mol. The summed E-state index contributed by atoms with van der Waals surface area (Å²) in [6.45, 7) is 0. The van der Waals surface area contributed by atoms with Crippen molar-refractivity contribution >= 4 is 29.2 Å². The van der Waals surface area contributed by atoms with Crippen LogP contribution in [0.5, 0.6) is 0 Å². The standard InChI is InChI=1S/C7H3Cl2FO2.Na/c8-3-1-2-4(10)6(9)5(3)7(11)12;/h1-2H,(H,11,12);/q;+1/p-1. The first-order chi connectivity index (χ1) is 5.54. The first kappa shape index (κ1) is 13.2. The number of carbonyl (C=O) groups excluding carboxylic acids is 1. The fourth-order valence-corrected chi connectivity index (χ4v) is 1.24. The molecular weight excluding hydrogens is 229 g/mol. The zero-order valence-corrected chi connectivity index (χ0v) is 10.1. The molecule has 0 saturated carbocycles. The minimum Gasteiger partial charge on any atom is -0.545 e. The molecule has 1 rings (SSSR count). The van der Waals surface area contributed by atoms with Crippen molar-refractivity contribution in [3.05, 3.63) is 33.6 Å². The molecule has 0 aromatic heterocycles. The van der Waals surface area contributed by atoms with E-state index >= 15 is 0 Å². The summed E-state index contributed by atoms with van der Waals surface area (Å²) in [7, 11) is 0. The van der Waals surface area contributed by atoms with E-state index in [2.05, 4.69) is 0 Å². The van der Waals surface area contributed by atoms with Crippen molar-refractivity contribution in [2.24, 2.45) is 0 Å². The van der Waals surface area contributed by atoms with Gasteiger partial charge in [-0.25, -0.2) is 4.39 Å². The molecule has 0 saturated heterocycles. The molecule has 0 aliphatic rings. The third-order valence-electron chi connectivity index (χ3n) is 1.25. The second-order valence-corrected chi connectivity index (χ2v) is 2.79. The van der Waals surface area contributed by atoms with Gasteiger partial charge < -0.3 is 9.90 Å².